The molecule has 1 aromatic carbocycles. The van der Waals surface area contributed by atoms with E-state index in [0.29, 0.717) is 11.3 Å². The highest BCUT2D eigenvalue weighted by atomic mass is 32.2. The summed E-state index contributed by atoms with van der Waals surface area (Å²) in [5, 5.41) is 0. The Morgan fingerprint density at radius 2 is 1.88 bits per heavy atom. The number of fused-ring (bicyclic) bond motifs is 1. The van der Waals surface area contributed by atoms with Crippen molar-refractivity contribution in [1.29, 1.82) is 0 Å². The molecule has 16 heavy (non-hydrogen) atoms. The predicted molar refractivity (Wildman–Crippen MR) is 59.6 cm³/mol. The molecule has 1 aliphatic heterocycles. The fraction of sp³-hybridized carbons (Fsp3) is 0.364. The third kappa shape index (κ3) is 1.65. The molecule has 0 atom stereocenters. The minimum Gasteiger partial charge on any atom is -0.207 e. The van der Waals surface area contributed by atoms with Crippen molar-refractivity contribution in [1.82, 2.24) is 0 Å². The van der Waals surface area contributed by atoms with Crippen LogP contribution in [0.3, 0.4) is 0 Å². The zero-order valence-corrected chi connectivity index (χ0v) is 10.1. The minimum absolute atomic E-state index is 0.0302. The zero-order valence-electron chi connectivity index (χ0n) is 9.28. The fourth-order valence-electron chi connectivity index (χ4n) is 1.66. The maximum atomic E-state index is 13.0. The average molecular weight is 241 g/mol. The number of halogens is 1. The maximum absolute atomic E-state index is 13.0. The molecule has 0 amide bonds. The van der Waals surface area contributed by atoms with Gasteiger partial charge in [0.2, 0.25) is 0 Å². The molecule has 3 nitrogen and oxygen atoms in total. The average Bonchev–Trinajstić information content (AvgIpc) is 2.38. The van der Waals surface area contributed by atoms with E-state index in [2.05, 4.69) is 4.40 Å². The van der Waals surface area contributed by atoms with E-state index in [4.69, 9.17) is 0 Å². The van der Waals surface area contributed by atoms with Gasteiger partial charge in [0.25, 0.3) is 10.0 Å². The lowest BCUT2D eigenvalue weighted by atomic mass is 9.86. The standard InChI is InChI=1S/C11H12FNO2S/c1-11(2,3)10-8-5-4-7(12)6-9(8)16(14,15)13-10/h4-6H,1-3H3. The van der Waals surface area contributed by atoms with Crippen molar-refractivity contribution < 1.29 is 12.8 Å². The number of hydrogen-bond donors (Lipinski definition) is 0. The summed E-state index contributed by atoms with van der Waals surface area (Å²) in [5.41, 5.74) is 0.618. The molecule has 0 fully saturated rings. The van der Waals surface area contributed by atoms with Gasteiger partial charge in [0, 0.05) is 11.0 Å². The molecule has 0 unspecified atom stereocenters. The van der Waals surface area contributed by atoms with E-state index in [1.165, 1.54) is 12.1 Å². The van der Waals surface area contributed by atoms with Crippen LogP contribution in [0, 0.1) is 11.2 Å². The SMILES string of the molecule is CC(C)(C)C1=NS(=O)(=O)c2cc(F)ccc21. The molecule has 0 saturated carbocycles. The van der Waals surface area contributed by atoms with Crippen molar-refractivity contribution in [2.75, 3.05) is 0 Å². The van der Waals surface area contributed by atoms with E-state index in [9.17, 15) is 12.8 Å². The number of sulfonamides is 1. The fourth-order valence-corrected chi connectivity index (χ4v) is 3.08. The Morgan fingerprint density at radius 3 is 2.44 bits per heavy atom. The molecule has 5 heteroatoms. The van der Waals surface area contributed by atoms with Crippen molar-refractivity contribution in [3.63, 3.8) is 0 Å². The monoisotopic (exact) mass is 241 g/mol. The van der Waals surface area contributed by atoms with Crippen molar-refractivity contribution >= 4 is 15.7 Å². The molecule has 1 aromatic rings. The van der Waals surface area contributed by atoms with E-state index < -0.39 is 15.8 Å². The molecule has 0 bridgehead atoms. The molecular formula is C11H12FNO2S. The van der Waals surface area contributed by atoms with Crippen LogP contribution in [0.5, 0.6) is 0 Å². The van der Waals surface area contributed by atoms with Crippen LogP contribution in [-0.4, -0.2) is 14.1 Å². The highest BCUT2D eigenvalue weighted by Gasteiger charge is 2.34. The molecular weight excluding hydrogens is 229 g/mol. The summed E-state index contributed by atoms with van der Waals surface area (Å²) in [5.74, 6) is -0.562. The van der Waals surface area contributed by atoms with Crippen LogP contribution >= 0.6 is 0 Å². The molecule has 0 spiro atoms. The van der Waals surface area contributed by atoms with E-state index >= 15 is 0 Å². The quantitative estimate of drug-likeness (QED) is 0.700. The van der Waals surface area contributed by atoms with E-state index in [1.807, 2.05) is 20.8 Å². The molecule has 0 aromatic heterocycles. The lowest BCUT2D eigenvalue weighted by Crippen LogP contribution is -2.19. The second-order valence-corrected chi connectivity index (χ2v) is 6.38. The number of rotatable bonds is 0. The number of nitrogens with zero attached hydrogens (tertiary/aromatic N) is 1. The van der Waals surface area contributed by atoms with Crippen LogP contribution in [0.4, 0.5) is 4.39 Å². The van der Waals surface area contributed by atoms with Crippen LogP contribution in [0.2, 0.25) is 0 Å². The summed E-state index contributed by atoms with van der Waals surface area (Å²) >= 11 is 0. The normalized spacial score (nSPS) is 18.1. The first-order chi connectivity index (χ1) is 7.22. The van der Waals surface area contributed by atoms with Gasteiger partial charge in [-0.25, -0.2) is 4.39 Å². The smallest absolute Gasteiger partial charge is 0.207 e. The van der Waals surface area contributed by atoms with Gasteiger partial charge in [-0.05, 0) is 18.2 Å². The second-order valence-electron chi connectivity index (χ2n) is 4.81. The first-order valence-electron chi connectivity index (χ1n) is 4.87. The summed E-state index contributed by atoms with van der Waals surface area (Å²) in [6.45, 7) is 5.62. The molecule has 0 radical (unpaired) electrons. The Hall–Kier alpha value is -1.23. The third-order valence-electron chi connectivity index (χ3n) is 2.40. The van der Waals surface area contributed by atoms with Crippen LogP contribution in [0.25, 0.3) is 0 Å². The van der Waals surface area contributed by atoms with E-state index in [1.54, 1.807) is 0 Å². The summed E-state index contributed by atoms with van der Waals surface area (Å²) in [6.07, 6.45) is 0. The van der Waals surface area contributed by atoms with E-state index in [0.717, 1.165) is 6.07 Å². The van der Waals surface area contributed by atoms with Crippen molar-refractivity contribution in [2.45, 2.75) is 25.7 Å². The summed E-state index contributed by atoms with van der Waals surface area (Å²) in [4.78, 5) is -0.0302. The maximum Gasteiger partial charge on any atom is 0.283 e. The van der Waals surface area contributed by atoms with Gasteiger partial charge in [-0.3, -0.25) is 0 Å². The van der Waals surface area contributed by atoms with Gasteiger partial charge < -0.3 is 0 Å². The Kier molecular flexibility index (Phi) is 2.21. The zero-order chi connectivity index (χ0) is 12.1. The van der Waals surface area contributed by atoms with Gasteiger partial charge in [0.15, 0.2) is 0 Å². The van der Waals surface area contributed by atoms with Crippen molar-refractivity contribution in [3.05, 3.63) is 29.6 Å². The Balaban J connectivity index is 2.75. The van der Waals surface area contributed by atoms with Gasteiger partial charge >= 0.3 is 0 Å². The van der Waals surface area contributed by atoms with Gasteiger partial charge in [0.05, 0.1) is 5.71 Å². The first-order valence-corrected chi connectivity index (χ1v) is 6.31. The number of benzene rings is 1. The lowest BCUT2D eigenvalue weighted by molar-refractivity contribution is 0.589. The van der Waals surface area contributed by atoms with Gasteiger partial charge in [-0.15, -0.1) is 0 Å². The van der Waals surface area contributed by atoms with Crippen LogP contribution in [0.15, 0.2) is 27.5 Å². The van der Waals surface area contributed by atoms with Crippen molar-refractivity contribution in [3.8, 4) is 0 Å². The molecule has 0 saturated heterocycles. The third-order valence-corrected chi connectivity index (χ3v) is 3.72. The van der Waals surface area contributed by atoms with Crippen molar-refractivity contribution in [2.24, 2.45) is 9.81 Å². The van der Waals surface area contributed by atoms with Crippen LogP contribution < -0.4 is 0 Å². The highest BCUT2D eigenvalue weighted by molar-refractivity contribution is 7.90. The lowest BCUT2D eigenvalue weighted by Gasteiger charge is -2.18. The second kappa shape index (κ2) is 3.13. The Morgan fingerprint density at radius 1 is 1.25 bits per heavy atom. The molecule has 86 valence electrons. The molecule has 1 heterocycles. The summed E-state index contributed by atoms with van der Waals surface area (Å²) in [7, 11) is -3.71. The van der Waals surface area contributed by atoms with Gasteiger partial charge in [-0.1, -0.05) is 20.8 Å². The molecule has 1 aliphatic rings. The Labute approximate surface area is 94.1 Å². The number of hydrogen-bond acceptors (Lipinski definition) is 2. The van der Waals surface area contributed by atoms with Crippen LogP contribution in [0.1, 0.15) is 26.3 Å². The predicted octanol–water partition coefficient (Wildman–Crippen LogP) is 2.36. The Bertz CT molecular complexity index is 582. The van der Waals surface area contributed by atoms with Gasteiger partial charge in [0.1, 0.15) is 10.7 Å². The van der Waals surface area contributed by atoms with Gasteiger partial charge in [-0.2, -0.15) is 12.8 Å². The minimum atomic E-state index is -3.71. The molecule has 2 rings (SSSR count). The largest absolute Gasteiger partial charge is 0.283 e. The molecule has 0 N–H and O–H groups in total. The summed E-state index contributed by atoms with van der Waals surface area (Å²) < 4.78 is 40.2. The molecule has 0 aliphatic carbocycles. The summed E-state index contributed by atoms with van der Waals surface area (Å²) in [6, 6.07) is 3.74. The first kappa shape index (κ1) is 11.3. The highest BCUT2D eigenvalue weighted by Crippen LogP contribution is 2.34. The van der Waals surface area contributed by atoms with Crippen LogP contribution in [-0.2, 0) is 10.0 Å². The topological polar surface area (TPSA) is 46.5 Å². The van der Waals surface area contributed by atoms with E-state index in [-0.39, 0.29) is 10.3 Å².